The van der Waals surface area contributed by atoms with Crippen LogP contribution in [0.3, 0.4) is 0 Å². The normalized spacial score (nSPS) is 10.9. The van der Waals surface area contributed by atoms with Crippen molar-refractivity contribution in [3.63, 3.8) is 0 Å². The van der Waals surface area contributed by atoms with Crippen LogP contribution in [-0.4, -0.2) is 10.7 Å². The van der Waals surface area contributed by atoms with E-state index in [9.17, 15) is 10.1 Å². The first-order chi connectivity index (χ1) is 7.06. The molecular formula is C9H7Cl2NO2S. The minimum absolute atomic E-state index is 0.0672. The summed E-state index contributed by atoms with van der Waals surface area (Å²) in [5, 5.41) is 11.2. The quantitative estimate of drug-likeness (QED) is 0.512. The van der Waals surface area contributed by atoms with Crippen molar-refractivity contribution in [1.82, 2.24) is 0 Å². The summed E-state index contributed by atoms with van der Waals surface area (Å²) >= 11 is 15.4. The third-order valence-corrected chi connectivity index (χ3v) is 2.60. The molecule has 0 aliphatic carbocycles. The van der Waals surface area contributed by atoms with Crippen molar-refractivity contribution >= 4 is 47.6 Å². The Hall–Kier alpha value is -0.710. The second-order valence-corrected chi connectivity index (χ2v) is 3.85. The van der Waals surface area contributed by atoms with Crippen molar-refractivity contribution in [3.8, 4) is 0 Å². The van der Waals surface area contributed by atoms with Crippen molar-refractivity contribution in [2.24, 2.45) is 0 Å². The number of nitro benzene ring substituents is 1. The van der Waals surface area contributed by atoms with Gasteiger partial charge in [-0.3, -0.25) is 10.1 Å². The molecule has 0 amide bonds. The van der Waals surface area contributed by atoms with E-state index in [4.69, 9.17) is 23.2 Å². The highest BCUT2D eigenvalue weighted by molar-refractivity contribution is 7.80. The molecule has 1 aromatic carbocycles. The van der Waals surface area contributed by atoms with Crippen LogP contribution < -0.4 is 0 Å². The number of benzene rings is 1. The molecule has 0 saturated carbocycles. The standard InChI is InChI=1S/C9H7Cl2NO2S/c10-7-4-6(2-1-3-15)9(12(13)14)5-8(7)11/h1-2,4-5,15H,3H2. The van der Waals surface area contributed by atoms with Crippen LogP contribution in [0.2, 0.25) is 10.0 Å². The van der Waals surface area contributed by atoms with Gasteiger partial charge in [-0.15, -0.1) is 0 Å². The molecule has 3 nitrogen and oxygen atoms in total. The van der Waals surface area contributed by atoms with E-state index in [1.807, 2.05) is 0 Å². The maximum atomic E-state index is 10.7. The number of halogens is 2. The lowest BCUT2D eigenvalue weighted by Crippen LogP contribution is -1.91. The lowest BCUT2D eigenvalue weighted by atomic mass is 10.1. The summed E-state index contributed by atoms with van der Waals surface area (Å²) < 4.78 is 0. The van der Waals surface area contributed by atoms with Gasteiger partial charge < -0.3 is 0 Å². The van der Waals surface area contributed by atoms with E-state index in [0.717, 1.165) is 0 Å². The lowest BCUT2D eigenvalue weighted by molar-refractivity contribution is -0.385. The van der Waals surface area contributed by atoms with Gasteiger partial charge in [0.05, 0.1) is 20.5 Å². The first-order valence-corrected chi connectivity index (χ1v) is 5.36. The minimum atomic E-state index is -0.500. The van der Waals surface area contributed by atoms with Crippen molar-refractivity contribution in [3.05, 3.63) is 43.9 Å². The second kappa shape index (κ2) is 5.39. The van der Waals surface area contributed by atoms with Crippen molar-refractivity contribution in [1.29, 1.82) is 0 Å². The van der Waals surface area contributed by atoms with Crippen molar-refractivity contribution < 1.29 is 4.92 Å². The molecule has 0 unspecified atom stereocenters. The third-order valence-electron chi connectivity index (χ3n) is 1.67. The zero-order valence-corrected chi connectivity index (χ0v) is 9.89. The Morgan fingerprint density at radius 3 is 2.53 bits per heavy atom. The molecule has 0 radical (unpaired) electrons. The molecule has 0 aliphatic heterocycles. The van der Waals surface area contributed by atoms with Crippen LogP contribution in [0.4, 0.5) is 5.69 Å². The molecule has 80 valence electrons. The van der Waals surface area contributed by atoms with Gasteiger partial charge in [-0.05, 0) is 6.07 Å². The molecule has 0 heterocycles. The number of hydrogen-bond donors (Lipinski definition) is 1. The first-order valence-electron chi connectivity index (χ1n) is 3.97. The van der Waals surface area contributed by atoms with Crippen molar-refractivity contribution in [2.45, 2.75) is 0 Å². The maximum absolute atomic E-state index is 10.7. The zero-order valence-electron chi connectivity index (χ0n) is 7.48. The van der Waals surface area contributed by atoms with E-state index < -0.39 is 4.92 Å². The van der Waals surface area contributed by atoms with Crippen LogP contribution >= 0.6 is 35.8 Å². The number of thiol groups is 1. The smallest absolute Gasteiger partial charge is 0.258 e. The minimum Gasteiger partial charge on any atom is -0.258 e. The van der Waals surface area contributed by atoms with Crippen LogP contribution in [0.25, 0.3) is 6.08 Å². The summed E-state index contributed by atoms with van der Waals surface area (Å²) in [5.41, 5.74) is 0.353. The molecule has 0 bridgehead atoms. The number of nitrogens with zero attached hydrogens (tertiary/aromatic N) is 1. The molecule has 0 N–H and O–H groups in total. The van der Waals surface area contributed by atoms with E-state index in [-0.39, 0.29) is 10.7 Å². The van der Waals surface area contributed by atoms with E-state index in [1.165, 1.54) is 12.1 Å². The predicted molar refractivity (Wildman–Crippen MR) is 66.0 cm³/mol. The predicted octanol–water partition coefficient (Wildman–Crippen LogP) is 3.84. The van der Waals surface area contributed by atoms with Gasteiger partial charge in [0.15, 0.2) is 0 Å². The molecular weight excluding hydrogens is 257 g/mol. The lowest BCUT2D eigenvalue weighted by Gasteiger charge is -2.00. The topological polar surface area (TPSA) is 43.1 Å². The van der Waals surface area contributed by atoms with Gasteiger partial charge >= 0.3 is 0 Å². The van der Waals surface area contributed by atoms with E-state index in [0.29, 0.717) is 16.3 Å². The molecule has 0 atom stereocenters. The Balaban J connectivity index is 3.28. The highest BCUT2D eigenvalue weighted by Gasteiger charge is 2.14. The fraction of sp³-hybridized carbons (Fsp3) is 0.111. The summed E-state index contributed by atoms with van der Waals surface area (Å²) in [6.07, 6.45) is 3.28. The van der Waals surface area contributed by atoms with E-state index >= 15 is 0 Å². The van der Waals surface area contributed by atoms with Crippen LogP contribution in [0.1, 0.15) is 5.56 Å². The van der Waals surface area contributed by atoms with Gasteiger partial charge in [-0.25, -0.2) is 0 Å². The summed E-state index contributed by atoms with van der Waals surface area (Å²) in [4.78, 5) is 10.2. The van der Waals surface area contributed by atoms with Gasteiger partial charge in [-0.2, -0.15) is 12.6 Å². The Labute approximate surface area is 102 Å². The number of rotatable bonds is 3. The Bertz CT molecular complexity index is 421. The zero-order chi connectivity index (χ0) is 11.4. The average Bonchev–Trinajstić information content (AvgIpc) is 2.19. The van der Waals surface area contributed by atoms with Crippen LogP contribution in [0, 0.1) is 10.1 Å². The molecule has 0 fully saturated rings. The molecule has 1 aromatic rings. The summed E-state index contributed by atoms with van der Waals surface area (Å²) in [6.45, 7) is 0. The van der Waals surface area contributed by atoms with Gasteiger partial charge in [0.1, 0.15) is 0 Å². The molecule has 1 rings (SSSR count). The molecule has 0 spiro atoms. The fourth-order valence-corrected chi connectivity index (χ4v) is 1.46. The molecule has 0 aromatic heterocycles. The van der Waals surface area contributed by atoms with Crippen LogP contribution in [0.5, 0.6) is 0 Å². The van der Waals surface area contributed by atoms with Crippen LogP contribution in [0.15, 0.2) is 18.2 Å². The second-order valence-electron chi connectivity index (χ2n) is 2.67. The molecule has 0 saturated heterocycles. The highest BCUT2D eigenvalue weighted by Crippen LogP contribution is 2.31. The molecule has 15 heavy (non-hydrogen) atoms. The van der Waals surface area contributed by atoms with Gasteiger partial charge in [0.25, 0.3) is 5.69 Å². The number of nitro groups is 1. The largest absolute Gasteiger partial charge is 0.278 e. The average molecular weight is 264 g/mol. The van der Waals surface area contributed by atoms with Crippen LogP contribution in [-0.2, 0) is 0 Å². The molecule has 0 aliphatic rings. The fourth-order valence-electron chi connectivity index (χ4n) is 1.02. The van der Waals surface area contributed by atoms with Gasteiger partial charge in [0.2, 0.25) is 0 Å². The molecule has 6 heteroatoms. The van der Waals surface area contributed by atoms with E-state index in [2.05, 4.69) is 12.6 Å². The van der Waals surface area contributed by atoms with Crippen molar-refractivity contribution in [2.75, 3.05) is 5.75 Å². The SMILES string of the molecule is O=[N+]([O-])c1cc(Cl)c(Cl)cc1C=CCS. The van der Waals surface area contributed by atoms with Gasteiger partial charge in [-0.1, -0.05) is 35.4 Å². The summed E-state index contributed by atoms with van der Waals surface area (Å²) in [6, 6.07) is 2.70. The summed E-state index contributed by atoms with van der Waals surface area (Å²) in [5.74, 6) is 0.497. The third kappa shape index (κ3) is 3.12. The van der Waals surface area contributed by atoms with E-state index in [1.54, 1.807) is 12.2 Å². The first kappa shape index (κ1) is 12.4. The Kier molecular flexibility index (Phi) is 4.45. The Morgan fingerprint density at radius 1 is 1.40 bits per heavy atom. The Morgan fingerprint density at radius 2 is 2.00 bits per heavy atom. The number of hydrogen-bond acceptors (Lipinski definition) is 3. The monoisotopic (exact) mass is 263 g/mol. The maximum Gasteiger partial charge on any atom is 0.278 e. The highest BCUT2D eigenvalue weighted by atomic mass is 35.5. The van der Waals surface area contributed by atoms with Gasteiger partial charge in [0, 0.05) is 11.8 Å². The summed E-state index contributed by atoms with van der Waals surface area (Å²) in [7, 11) is 0.